The second-order valence-electron chi connectivity index (χ2n) is 4.54. The van der Waals surface area contributed by atoms with Crippen molar-refractivity contribution in [3.63, 3.8) is 0 Å². The maximum atomic E-state index is 10.7. The molecule has 0 aliphatic rings. The van der Waals surface area contributed by atoms with Crippen LogP contribution in [0.15, 0.2) is 0 Å². The van der Waals surface area contributed by atoms with Gasteiger partial charge in [0, 0.05) is 27.3 Å². The molecule has 0 rings (SSSR count). The molecule has 0 aliphatic heterocycles. The monoisotopic (exact) mass is 382 g/mol. The number of alkyl carbamates (subject to hydrolysis) is 2. The number of carbonyl (C=O) groups excluding carboxylic acids is 2. The van der Waals surface area contributed by atoms with E-state index in [2.05, 4.69) is 10.6 Å². The second kappa shape index (κ2) is 23.4. The lowest BCUT2D eigenvalue weighted by Gasteiger charge is -2.05. The molecule has 0 atom stereocenters. The van der Waals surface area contributed by atoms with E-state index in [-0.39, 0.29) is 13.2 Å². The Bertz CT molecular complexity index is 289. The van der Waals surface area contributed by atoms with Gasteiger partial charge in [0.25, 0.3) is 0 Å². The molecule has 0 saturated heterocycles. The van der Waals surface area contributed by atoms with Crippen molar-refractivity contribution >= 4 is 12.2 Å². The number of methoxy groups -OCH3 is 2. The zero-order valence-electron chi connectivity index (χ0n) is 16.3. The molecule has 0 saturated carbocycles. The van der Waals surface area contributed by atoms with E-state index < -0.39 is 12.2 Å². The molecule has 0 aliphatic carbocycles. The summed E-state index contributed by atoms with van der Waals surface area (Å²) < 4.78 is 29.2. The van der Waals surface area contributed by atoms with Crippen LogP contribution < -0.4 is 10.6 Å². The highest BCUT2D eigenvalue weighted by Crippen LogP contribution is 1.81. The van der Waals surface area contributed by atoms with E-state index in [9.17, 15) is 9.59 Å². The van der Waals surface area contributed by atoms with E-state index >= 15 is 0 Å². The Morgan fingerprint density at radius 2 is 0.962 bits per heavy atom. The lowest BCUT2D eigenvalue weighted by molar-refractivity contribution is 0.0422. The first kappa shape index (κ1) is 26.6. The van der Waals surface area contributed by atoms with Crippen molar-refractivity contribution < 1.29 is 38.0 Å². The average Bonchev–Trinajstić information content (AvgIpc) is 2.62. The number of carbonyl (C=O) groups is 2. The van der Waals surface area contributed by atoms with E-state index in [1.165, 1.54) is 0 Å². The Morgan fingerprint density at radius 3 is 1.27 bits per heavy atom. The summed E-state index contributed by atoms with van der Waals surface area (Å²) >= 11 is 0. The van der Waals surface area contributed by atoms with Crippen LogP contribution in [-0.2, 0) is 28.4 Å². The highest BCUT2D eigenvalue weighted by atomic mass is 16.6. The van der Waals surface area contributed by atoms with Crippen molar-refractivity contribution in [1.82, 2.24) is 10.6 Å². The molecule has 2 amide bonds. The zero-order chi connectivity index (χ0) is 19.9. The SMILES string of the molecule is CCNC(=O)OCCOCCOC.CCNC(=O)OCCOCCOC. The maximum absolute atomic E-state index is 10.7. The maximum Gasteiger partial charge on any atom is 0.407 e. The van der Waals surface area contributed by atoms with E-state index in [1.54, 1.807) is 14.2 Å². The smallest absolute Gasteiger partial charge is 0.407 e. The van der Waals surface area contributed by atoms with Gasteiger partial charge in [0.05, 0.1) is 39.6 Å². The third-order valence-electron chi connectivity index (χ3n) is 2.43. The summed E-state index contributed by atoms with van der Waals surface area (Å²) in [5, 5.41) is 5.01. The van der Waals surface area contributed by atoms with Gasteiger partial charge in [-0.15, -0.1) is 0 Å². The first-order valence-corrected chi connectivity index (χ1v) is 8.56. The predicted molar refractivity (Wildman–Crippen MR) is 95.4 cm³/mol. The average molecular weight is 382 g/mol. The zero-order valence-corrected chi connectivity index (χ0v) is 16.3. The fraction of sp³-hybridized carbons (Fsp3) is 0.875. The van der Waals surface area contributed by atoms with Gasteiger partial charge in [-0.2, -0.15) is 0 Å². The lowest BCUT2D eigenvalue weighted by Crippen LogP contribution is -2.25. The molecule has 0 aromatic carbocycles. The molecule has 0 unspecified atom stereocenters. The summed E-state index contributed by atoms with van der Waals surface area (Å²) in [4.78, 5) is 21.4. The summed E-state index contributed by atoms with van der Waals surface area (Å²) in [5.41, 5.74) is 0. The molecule has 0 fully saturated rings. The third kappa shape index (κ3) is 24.6. The normalized spacial score (nSPS) is 9.69. The minimum Gasteiger partial charge on any atom is -0.447 e. The highest BCUT2D eigenvalue weighted by molar-refractivity contribution is 5.67. The van der Waals surface area contributed by atoms with Crippen molar-refractivity contribution in [1.29, 1.82) is 0 Å². The van der Waals surface area contributed by atoms with Crippen LogP contribution in [0.25, 0.3) is 0 Å². The quantitative estimate of drug-likeness (QED) is 0.424. The van der Waals surface area contributed by atoms with Crippen LogP contribution in [0.3, 0.4) is 0 Å². The lowest BCUT2D eigenvalue weighted by atomic mass is 10.7. The third-order valence-corrected chi connectivity index (χ3v) is 2.43. The second-order valence-corrected chi connectivity index (χ2v) is 4.54. The summed E-state index contributed by atoms with van der Waals surface area (Å²) in [5.74, 6) is 0. The molecule has 156 valence electrons. The summed E-state index contributed by atoms with van der Waals surface area (Å²) in [6, 6.07) is 0. The van der Waals surface area contributed by atoms with Crippen LogP contribution in [0.2, 0.25) is 0 Å². The minimum atomic E-state index is -0.405. The molecule has 2 N–H and O–H groups in total. The van der Waals surface area contributed by atoms with E-state index in [0.29, 0.717) is 52.7 Å². The Hall–Kier alpha value is -1.62. The van der Waals surface area contributed by atoms with Crippen LogP contribution in [0.1, 0.15) is 13.8 Å². The van der Waals surface area contributed by atoms with Crippen molar-refractivity contribution in [2.24, 2.45) is 0 Å². The van der Waals surface area contributed by atoms with Gasteiger partial charge in [0.2, 0.25) is 0 Å². The molecule has 10 heteroatoms. The fourth-order valence-corrected chi connectivity index (χ4v) is 1.27. The van der Waals surface area contributed by atoms with Gasteiger partial charge in [0.1, 0.15) is 13.2 Å². The molecule has 0 bridgehead atoms. The molecular formula is C16H34N2O8. The molecule has 0 heterocycles. The van der Waals surface area contributed by atoms with Crippen molar-refractivity contribution in [2.75, 3.05) is 80.2 Å². The molecule has 0 aromatic heterocycles. The number of hydrogen-bond donors (Lipinski definition) is 2. The summed E-state index contributed by atoms with van der Waals surface area (Å²) in [6.07, 6.45) is -0.810. The largest absolute Gasteiger partial charge is 0.447 e. The summed E-state index contributed by atoms with van der Waals surface area (Å²) in [6.45, 7) is 8.32. The first-order chi connectivity index (χ1) is 12.6. The van der Waals surface area contributed by atoms with Gasteiger partial charge in [-0.3, -0.25) is 0 Å². The van der Waals surface area contributed by atoms with E-state index in [4.69, 9.17) is 28.4 Å². The first-order valence-electron chi connectivity index (χ1n) is 8.56. The molecule has 0 aromatic rings. The van der Waals surface area contributed by atoms with Crippen LogP contribution in [0.4, 0.5) is 9.59 Å². The van der Waals surface area contributed by atoms with Crippen molar-refractivity contribution in [2.45, 2.75) is 13.8 Å². The van der Waals surface area contributed by atoms with Gasteiger partial charge < -0.3 is 39.1 Å². The standard InChI is InChI=1S/2C8H17NO4/c2*1-3-9-8(10)13-7-6-12-5-4-11-2/h2*3-7H2,1-2H3,(H,9,10). The molecular weight excluding hydrogens is 348 g/mol. The van der Waals surface area contributed by atoms with Crippen LogP contribution in [-0.4, -0.2) is 92.4 Å². The van der Waals surface area contributed by atoms with Gasteiger partial charge in [0.15, 0.2) is 0 Å². The van der Waals surface area contributed by atoms with Crippen LogP contribution in [0.5, 0.6) is 0 Å². The predicted octanol–water partition coefficient (Wildman–Crippen LogP) is 0.791. The number of nitrogens with one attached hydrogen (secondary N) is 2. The molecule has 26 heavy (non-hydrogen) atoms. The Labute approximate surface area is 155 Å². The van der Waals surface area contributed by atoms with Gasteiger partial charge >= 0.3 is 12.2 Å². The molecule has 0 spiro atoms. The Kier molecular flexibility index (Phi) is 23.9. The van der Waals surface area contributed by atoms with Gasteiger partial charge in [-0.1, -0.05) is 0 Å². The highest BCUT2D eigenvalue weighted by Gasteiger charge is 1.98. The Morgan fingerprint density at radius 1 is 0.615 bits per heavy atom. The Balaban J connectivity index is 0. The van der Waals surface area contributed by atoms with Crippen molar-refractivity contribution in [3.05, 3.63) is 0 Å². The molecule has 10 nitrogen and oxygen atoms in total. The summed E-state index contributed by atoms with van der Waals surface area (Å²) in [7, 11) is 3.21. The van der Waals surface area contributed by atoms with E-state index in [0.717, 1.165) is 0 Å². The fourth-order valence-electron chi connectivity index (χ4n) is 1.27. The number of amides is 2. The van der Waals surface area contributed by atoms with E-state index in [1.807, 2.05) is 13.8 Å². The number of ether oxygens (including phenoxy) is 6. The van der Waals surface area contributed by atoms with Crippen LogP contribution >= 0.6 is 0 Å². The van der Waals surface area contributed by atoms with Crippen LogP contribution in [0, 0.1) is 0 Å². The minimum absolute atomic E-state index is 0.273. The molecule has 0 radical (unpaired) electrons. The topological polar surface area (TPSA) is 114 Å². The van der Waals surface area contributed by atoms with Crippen molar-refractivity contribution in [3.8, 4) is 0 Å². The van der Waals surface area contributed by atoms with Gasteiger partial charge in [-0.05, 0) is 13.8 Å². The number of hydrogen-bond acceptors (Lipinski definition) is 8. The number of rotatable bonds is 14. The van der Waals surface area contributed by atoms with Gasteiger partial charge in [-0.25, -0.2) is 9.59 Å².